The first kappa shape index (κ1) is 18.2. The molecule has 0 radical (unpaired) electrons. The molecule has 0 spiro atoms. The van der Waals surface area contributed by atoms with Crippen molar-refractivity contribution in [3.63, 3.8) is 0 Å². The van der Waals surface area contributed by atoms with Gasteiger partial charge in [-0.15, -0.1) is 12.4 Å². The summed E-state index contributed by atoms with van der Waals surface area (Å²) >= 11 is 0. The van der Waals surface area contributed by atoms with Gasteiger partial charge in [-0.05, 0) is 24.8 Å². The van der Waals surface area contributed by atoms with Gasteiger partial charge in [-0.3, -0.25) is 9.59 Å². The predicted molar refractivity (Wildman–Crippen MR) is 82.0 cm³/mol. The maximum atomic E-state index is 12.5. The van der Waals surface area contributed by atoms with Gasteiger partial charge in [0.2, 0.25) is 11.8 Å². The summed E-state index contributed by atoms with van der Waals surface area (Å²) in [5.41, 5.74) is 11.1. The van der Waals surface area contributed by atoms with Crippen molar-refractivity contribution in [2.24, 2.45) is 16.9 Å². The van der Waals surface area contributed by atoms with Crippen molar-refractivity contribution in [3.05, 3.63) is 0 Å². The Bertz CT molecular complexity index is 372. The third-order valence-corrected chi connectivity index (χ3v) is 4.61. The minimum Gasteiger partial charge on any atom is -0.367 e. The lowest BCUT2D eigenvalue weighted by molar-refractivity contribution is -0.147. The van der Waals surface area contributed by atoms with Gasteiger partial charge in [-0.1, -0.05) is 19.3 Å². The number of nitrogens with zero attached hydrogens (tertiary/aromatic N) is 1. The Morgan fingerprint density at radius 1 is 1.24 bits per heavy atom. The van der Waals surface area contributed by atoms with E-state index in [4.69, 9.17) is 16.2 Å². The summed E-state index contributed by atoms with van der Waals surface area (Å²) in [6.07, 6.45) is 5.40. The molecule has 0 aromatic rings. The van der Waals surface area contributed by atoms with E-state index in [1.165, 1.54) is 6.42 Å². The second kappa shape index (κ2) is 7.96. The Morgan fingerprint density at radius 3 is 2.48 bits per heavy atom. The fourth-order valence-corrected chi connectivity index (χ4v) is 3.24. The molecule has 7 heteroatoms. The molecular formula is C14H26ClN3O3. The summed E-state index contributed by atoms with van der Waals surface area (Å²) in [6, 6.07) is 0. The lowest BCUT2D eigenvalue weighted by Gasteiger charge is -2.38. The van der Waals surface area contributed by atoms with Crippen LogP contribution in [0, 0.1) is 5.41 Å². The van der Waals surface area contributed by atoms with E-state index in [0.29, 0.717) is 26.1 Å². The number of hydrogen-bond donors (Lipinski definition) is 2. The minimum absolute atomic E-state index is 0. The normalized spacial score (nSPS) is 25.0. The van der Waals surface area contributed by atoms with Crippen molar-refractivity contribution in [1.82, 2.24) is 4.90 Å². The van der Waals surface area contributed by atoms with E-state index in [1.807, 2.05) is 0 Å². The summed E-state index contributed by atoms with van der Waals surface area (Å²) in [7, 11) is 0. The number of ether oxygens (including phenoxy) is 1. The SMILES string of the molecule is Cl.NCC1(CC(=O)N2CCOC(C(N)=O)C2)CCCCC1. The first-order chi connectivity index (χ1) is 9.56. The van der Waals surface area contributed by atoms with Crippen LogP contribution < -0.4 is 11.5 Å². The molecule has 2 rings (SSSR count). The van der Waals surface area contributed by atoms with E-state index in [1.54, 1.807) is 4.90 Å². The van der Waals surface area contributed by atoms with Crippen LogP contribution in [0.3, 0.4) is 0 Å². The quantitative estimate of drug-likeness (QED) is 0.784. The molecule has 0 bridgehead atoms. The number of halogens is 1. The van der Waals surface area contributed by atoms with Crippen LogP contribution in [0.4, 0.5) is 0 Å². The third kappa shape index (κ3) is 4.56. The van der Waals surface area contributed by atoms with Gasteiger partial charge in [0.25, 0.3) is 0 Å². The van der Waals surface area contributed by atoms with Gasteiger partial charge in [0, 0.05) is 13.0 Å². The molecule has 4 N–H and O–H groups in total. The first-order valence-electron chi connectivity index (χ1n) is 7.45. The fraction of sp³-hybridized carbons (Fsp3) is 0.857. The summed E-state index contributed by atoms with van der Waals surface area (Å²) in [4.78, 5) is 25.3. The fourth-order valence-electron chi connectivity index (χ4n) is 3.24. The van der Waals surface area contributed by atoms with Crippen LogP contribution in [0.25, 0.3) is 0 Å². The van der Waals surface area contributed by atoms with Gasteiger partial charge < -0.3 is 21.1 Å². The van der Waals surface area contributed by atoms with Crippen molar-refractivity contribution in [1.29, 1.82) is 0 Å². The van der Waals surface area contributed by atoms with Gasteiger partial charge in [0.15, 0.2) is 6.10 Å². The third-order valence-electron chi connectivity index (χ3n) is 4.61. The molecule has 122 valence electrons. The predicted octanol–water partition coefficient (Wildman–Crippen LogP) is 0.420. The molecule has 1 saturated carbocycles. The molecule has 2 amide bonds. The minimum atomic E-state index is -0.673. The molecular weight excluding hydrogens is 294 g/mol. The Kier molecular flexibility index (Phi) is 6.90. The first-order valence-corrected chi connectivity index (χ1v) is 7.45. The molecule has 1 unspecified atom stereocenters. The van der Waals surface area contributed by atoms with Gasteiger partial charge in [-0.25, -0.2) is 0 Å². The monoisotopic (exact) mass is 319 g/mol. The van der Waals surface area contributed by atoms with Crippen LogP contribution in [-0.2, 0) is 14.3 Å². The number of hydrogen-bond acceptors (Lipinski definition) is 4. The number of primary amides is 1. The van der Waals surface area contributed by atoms with Crippen molar-refractivity contribution in [2.75, 3.05) is 26.2 Å². The number of nitrogens with two attached hydrogens (primary N) is 2. The lowest BCUT2D eigenvalue weighted by atomic mass is 9.71. The summed E-state index contributed by atoms with van der Waals surface area (Å²) < 4.78 is 5.27. The van der Waals surface area contributed by atoms with E-state index in [0.717, 1.165) is 25.7 Å². The van der Waals surface area contributed by atoms with Crippen molar-refractivity contribution < 1.29 is 14.3 Å². The Morgan fingerprint density at radius 2 is 1.90 bits per heavy atom. The number of carbonyl (C=O) groups excluding carboxylic acids is 2. The average Bonchev–Trinajstić information content (AvgIpc) is 2.48. The molecule has 1 aliphatic carbocycles. The zero-order chi connectivity index (χ0) is 14.6. The summed E-state index contributed by atoms with van der Waals surface area (Å²) in [6.45, 7) is 1.73. The highest BCUT2D eigenvalue weighted by Crippen LogP contribution is 2.38. The summed E-state index contributed by atoms with van der Waals surface area (Å²) in [5, 5.41) is 0. The second-order valence-corrected chi connectivity index (χ2v) is 6.04. The van der Waals surface area contributed by atoms with Crippen LogP contribution in [0.1, 0.15) is 38.5 Å². The molecule has 1 atom stereocenters. The highest BCUT2D eigenvalue weighted by molar-refractivity contribution is 5.85. The van der Waals surface area contributed by atoms with Crippen molar-refractivity contribution in [2.45, 2.75) is 44.6 Å². The van der Waals surface area contributed by atoms with Crippen molar-refractivity contribution in [3.8, 4) is 0 Å². The topological polar surface area (TPSA) is 98.7 Å². The highest BCUT2D eigenvalue weighted by atomic mass is 35.5. The Labute approximate surface area is 132 Å². The lowest BCUT2D eigenvalue weighted by Crippen LogP contribution is -2.51. The van der Waals surface area contributed by atoms with Gasteiger partial charge >= 0.3 is 0 Å². The molecule has 1 aliphatic heterocycles. The number of carbonyl (C=O) groups is 2. The molecule has 1 heterocycles. The number of rotatable bonds is 4. The maximum absolute atomic E-state index is 12.5. The zero-order valence-electron chi connectivity index (χ0n) is 12.4. The molecule has 2 fully saturated rings. The van der Waals surface area contributed by atoms with E-state index in [9.17, 15) is 9.59 Å². The van der Waals surface area contributed by atoms with E-state index >= 15 is 0 Å². The van der Waals surface area contributed by atoms with Crippen molar-refractivity contribution >= 4 is 24.2 Å². The van der Waals surface area contributed by atoms with Gasteiger partial charge in [0.1, 0.15) is 0 Å². The van der Waals surface area contributed by atoms with Gasteiger partial charge in [-0.2, -0.15) is 0 Å². The molecule has 2 aliphatic rings. The second-order valence-electron chi connectivity index (χ2n) is 6.04. The standard InChI is InChI=1S/C14H25N3O3.ClH/c15-10-14(4-2-1-3-5-14)8-12(18)17-6-7-20-11(9-17)13(16)19;/h11H,1-10,15H2,(H2,16,19);1H. The molecule has 0 aromatic carbocycles. The molecule has 21 heavy (non-hydrogen) atoms. The maximum Gasteiger partial charge on any atom is 0.248 e. The number of amides is 2. The number of morpholine rings is 1. The highest BCUT2D eigenvalue weighted by Gasteiger charge is 2.36. The van der Waals surface area contributed by atoms with Crippen LogP contribution in [0.5, 0.6) is 0 Å². The van der Waals surface area contributed by atoms with Gasteiger partial charge in [0.05, 0.1) is 13.2 Å². The Hall–Kier alpha value is -0.850. The van der Waals surface area contributed by atoms with E-state index < -0.39 is 12.0 Å². The summed E-state index contributed by atoms with van der Waals surface area (Å²) in [5.74, 6) is -0.430. The van der Waals surface area contributed by atoms with Crippen LogP contribution in [0.2, 0.25) is 0 Å². The average molecular weight is 320 g/mol. The van der Waals surface area contributed by atoms with E-state index in [2.05, 4.69) is 0 Å². The zero-order valence-corrected chi connectivity index (χ0v) is 13.2. The molecule has 0 aromatic heterocycles. The van der Waals surface area contributed by atoms with Crippen LogP contribution in [-0.4, -0.2) is 49.1 Å². The Balaban J connectivity index is 0.00000220. The van der Waals surface area contributed by atoms with E-state index in [-0.39, 0.29) is 30.3 Å². The molecule has 1 saturated heterocycles. The molecule has 6 nitrogen and oxygen atoms in total. The largest absolute Gasteiger partial charge is 0.367 e. The smallest absolute Gasteiger partial charge is 0.248 e. The van der Waals surface area contributed by atoms with Crippen LogP contribution >= 0.6 is 12.4 Å². The van der Waals surface area contributed by atoms with Crippen LogP contribution in [0.15, 0.2) is 0 Å².